The smallest absolute Gasteiger partial charge is 0.108 e. The summed E-state index contributed by atoms with van der Waals surface area (Å²) < 4.78 is 0. The van der Waals surface area contributed by atoms with Gasteiger partial charge >= 0.3 is 0 Å². The Bertz CT molecular complexity index is 724. The van der Waals surface area contributed by atoms with Crippen molar-refractivity contribution >= 4 is 22.1 Å². The van der Waals surface area contributed by atoms with Crippen LogP contribution in [0.4, 0.5) is 11.4 Å². The van der Waals surface area contributed by atoms with Crippen LogP contribution in [-0.2, 0) is 0 Å². The van der Waals surface area contributed by atoms with E-state index in [0.717, 1.165) is 5.92 Å². The van der Waals surface area contributed by atoms with E-state index in [0.29, 0.717) is 5.41 Å². The van der Waals surface area contributed by atoms with Crippen molar-refractivity contribution in [2.45, 2.75) is 77.8 Å². The predicted octanol–water partition coefficient (Wildman–Crippen LogP) is 7.17. The number of nitrogens with one attached hydrogen (secondary N) is 2. The molecule has 0 unspecified atom stereocenters. The lowest BCUT2D eigenvalue weighted by Crippen LogP contribution is -2.50. The average Bonchev–Trinajstić information content (AvgIpc) is 2.68. The lowest BCUT2D eigenvalue weighted by molar-refractivity contribution is 0.204. The van der Waals surface area contributed by atoms with Crippen molar-refractivity contribution < 1.29 is 0 Å². The fourth-order valence-corrected chi connectivity index (χ4v) is 4.96. The lowest BCUT2D eigenvalue weighted by Gasteiger charge is -2.46. The average molecular weight is 351 g/mol. The Hall–Kier alpha value is -1.70. The zero-order valence-electron chi connectivity index (χ0n) is 16.7. The van der Waals surface area contributed by atoms with Crippen LogP contribution in [0.25, 0.3) is 10.8 Å². The van der Waals surface area contributed by atoms with Gasteiger partial charge in [-0.1, -0.05) is 57.9 Å². The molecule has 2 aliphatic rings. The Labute approximate surface area is 158 Å². The van der Waals surface area contributed by atoms with Crippen LogP contribution in [0.3, 0.4) is 0 Å². The van der Waals surface area contributed by atoms with Gasteiger partial charge in [-0.2, -0.15) is 0 Å². The van der Waals surface area contributed by atoms with Gasteiger partial charge in [-0.15, -0.1) is 0 Å². The third-order valence-electron chi connectivity index (χ3n) is 7.47. The fourth-order valence-electron chi connectivity index (χ4n) is 4.96. The number of anilines is 2. The summed E-state index contributed by atoms with van der Waals surface area (Å²) in [5, 5.41) is 10.4. The highest BCUT2D eigenvalue weighted by molar-refractivity contribution is 6.05. The van der Waals surface area contributed by atoms with Crippen molar-refractivity contribution in [1.82, 2.24) is 0 Å². The molecule has 1 spiro atoms. The standard InChI is InChI=1S/C24H34N2/c1-4-23(3,5-2)15-12-18-13-16-24(17-14-18)25-20-10-6-8-19-9-7-11-21(26-24)22(19)20/h6-11,18,25-26H,4-5,12-17H2,1-3H3. The molecule has 140 valence electrons. The van der Waals surface area contributed by atoms with Crippen molar-refractivity contribution in [2.75, 3.05) is 10.6 Å². The van der Waals surface area contributed by atoms with Gasteiger partial charge in [-0.25, -0.2) is 0 Å². The maximum Gasteiger partial charge on any atom is 0.108 e. The normalized spacial score (nSPS) is 19.3. The minimum atomic E-state index is 0.0535. The van der Waals surface area contributed by atoms with Gasteiger partial charge in [0.25, 0.3) is 0 Å². The van der Waals surface area contributed by atoms with Crippen LogP contribution < -0.4 is 10.6 Å². The van der Waals surface area contributed by atoms with Gasteiger partial charge in [0.15, 0.2) is 0 Å². The predicted molar refractivity (Wildman–Crippen MR) is 114 cm³/mol. The molecule has 1 aliphatic heterocycles. The molecule has 2 aromatic carbocycles. The molecular weight excluding hydrogens is 316 g/mol. The van der Waals surface area contributed by atoms with Crippen molar-refractivity contribution in [3.63, 3.8) is 0 Å². The third-order valence-corrected chi connectivity index (χ3v) is 7.47. The summed E-state index contributed by atoms with van der Waals surface area (Å²) in [6.07, 6.45) is 10.5. The summed E-state index contributed by atoms with van der Waals surface area (Å²) in [5.74, 6) is 0.898. The monoisotopic (exact) mass is 350 g/mol. The fraction of sp³-hybridized carbons (Fsp3) is 0.583. The molecule has 0 amide bonds. The number of hydrogen-bond donors (Lipinski definition) is 2. The molecule has 26 heavy (non-hydrogen) atoms. The van der Waals surface area contributed by atoms with Gasteiger partial charge in [0.2, 0.25) is 0 Å². The molecule has 0 bridgehead atoms. The molecule has 1 heterocycles. The second kappa shape index (κ2) is 6.79. The maximum absolute atomic E-state index is 3.88. The molecule has 0 atom stereocenters. The van der Waals surface area contributed by atoms with Crippen molar-refractivity contribution in [3.05, 3.63) is 36.4 Å². The molecule has 2 nitrogen and oxygen atoms in total. The topological polar surface area (TPSA) is 24.1 Å². The van der Waals surface area contributed by atoms with Gasteiger partial charge in [-0.05, 0) is 67.4 Å². The van der Waals surface area contributed by atoms with Gasteiger partial charge < -0.3 is 10.6 Å². The Morgan fingerprint density at radius 2 is 1.54 bits per heavy atom. The minimum Gasteiger partial charge on any atom is -0.362 e. The second-order valence-corrected chi connectivity index (χ2v) is 9.04. The first-order valence-electron chi connectivity index (χ1n) is 10.6. The molecule has 2 aromatic rings. The van der Waals surface area contributed by atoms with Crippen LogP contribution in [0.2, 0.25) is 0 Å². The van der Waals surface area contributed by atoms with E-state index in [9.17, 15) is 0 Å². The minimum absolute atomic E-state index is 0.0535. The summed E-state index contributed by atoms with van der Waals surface area (Å²) >= 11 is 0. The summed E-state index contributed by atoms with van der Waals surface area (Å²) in [5.41, 5.74) is 3.21. The van der Waals surface area contributed by atoms with Crippen molar-refractivity contribution in [1.29, 1.82) is 0 Å². The Morgan fingerprint density at radius 3 is 2.08 bits per heavy atom. The molecule has 1 saturated carbocycles. The summed E-state index contributed by atoms with van der Waals surface area (Å²) in [4.78, 5) is 0. The lowest BCUT2D eigenvalue weighted by atomic mass is 9.73. The largest absolute Gasteiger partial charge is 0.362 e. The highest BCUT2D eigenvalue weighted by Crippen LogP contribution is 2.45. The molecular formula is C24H34N2. The van der Waals surface area contributed by atoms with E-state index >= 15 is 0 Å². The van der Waals surface area contributed by atoms with Crippen molar-refractivity contribution in [3.8, 4) is 0 Å². The van der Waals surface area contributed by atoms with E-state index in [1.807, 2.05) is 0 Å². The van der Waals surface area contributed by atoms with Crippen LogP contribution in [-0.4, -0.2) is 5.66 Å². The van der Waals surface area contributed by atoms with Gasteiger partial charge in [-0.3, -0.25) is 0 Å². The SMILES string of the molecule is CCC(C)(CC)CCC1CCC2(CC1)Nc1cccc3cccc(c13)N2. The van der Waals surface area contributed by atoms with Crippen LogP contribution in [0, 0.1) is 11.3 Å². The van der Waals surface area contributed by atoms with Gasteiger partial charge in [0, 0.05) is 16.8 Å². The van der Waals surface area contributed by atoms with E-state index in [1.54, 1.807) is 0 Å². The second-order valence-electron chi connectivity index (χ2n) is 9.04. The van der Waals surface area contributed by atoms with E-state index in [1.165, 1.54) is 73.5 Å². The summed E-state index contributed by atoms with van der Waals surface area (Å²) in [6, 6.07) is 13.3. The van der Waals surface area contributed by atoms with Crippen LogP contribution in [0.5, 0.6) is 0 Å². The van der Waals surface area contributed by atoms with E-state index in [2.05, 4.69) is 67.8 Å². The van der Waals surface area contributed by atoms with Gasteiger partial charge in [0.1, 0.15) is 5.66 Å². The Kier molecular flexibility index (Phi) is 4.62. The molecule has 1 fully saturated rings. The summed E-state index contributed by atoms with van der Waals surface area (Å²) in [7, 11) is 0. The maximum atomic E-state index is 3.88. The first-order valence-corrected chi connectivity index (χ1v) is 10.6. The zero-order valence-corrected chi connectivity index (χ0v) is 16.7. The quantitative estimate of drug-likeness (QED) is 0.597. The number of rotatable bonds is 5. The molecule has 2 heteroatoms. The summed E-state index contributed by atoms with van der Waals surface area (Å²) in [6.45, 7) is 7.18. The molecule has 0 aromatic heterocycles. The molecule has 4 rings (SSSR count). The number of benzene rings is 2. The van der Waals surface area contributed by atoms with E-state index < -0.39 is 0 Å². The third kappa shape index (κ3) is 3.19. The highest BCUT2D eigenvalue weighted by Gasteiger charge is 2.38. The Balaban J connectivity index is 1.44. The number of hydrogen-bond acceptors (Lipinski definition) is 2. The molecule has 0 radical (unpaired) electrons. The van der Waals surface area contributed by atoms with Gasteiger partial charge in [0.05, 0.1) is 0 Å². The van der Waals surface area contributed by atoms with E-state index in [4.69, 9.17) is 0 Å². The van der Waals surface area contributed by atoms with Crippen LogP contribution in [0.1, 0.15) is 72.1 Å². The molecule has 0 saturated heterocycles. The molecule has 1 aliphatic carbocycles. The van der Waals surface area contributed by atoms with Crippen LogP contribution >= 0.6 is 0 Å². The molecule has 2 N–H and O–H groups in total. The first kappa shape index (κ1) is 17.7. The van der Waals surface area contributed by atoms with Crippen LogP contribution in [0.15, 0.2) is 36.4 Å². The highest BCUT2D eigenvalue weighted by atomic mass is 15.2. The Morgan fingerprint density at radius 1 is 0.962 bits per heavy atom. The zero-order chi connectivity index (χ0) is 18.2. The van der Waals surface area contributed by atoms with E-state index in [-0.39, 0.29) is 5.66 Å². The first-order chi connectivity index (χ1) is 12.6. The van der Waals surface area contributed by atoms with Crippen molar-refractivity contribution in [2.24, 2.45) is 11.3 Å².